The molecule has 0 aliphatic rings. The molecular formula is C21H21F3N4O3S2. The van der Waals surface area contributed by atoms with E-state index in [1.165, 1.54) is 24.3 Å². The number of aromatic amines is 1. The van der Waals surface area contributed by atoms with E-state index in [-0.39, 0.29) is 17.0 Å². The first-order valence-corrected chi connectivity index (χ1v) is 11.6. The number of nitrogens with zero attached hydrogens (tertiary/aromatic N) is 1. The van der Waals surface area contributed by atoms with Gasteiger partial charge in [0, 0.05) is 17.5 Å². The van der Waals surface area contributed by atoms with Crippen LogP contribution in [-0.4, -0.2) is 27.0 Å². The van der Waals surface area contributed by atoms with Gasteiger partial charge in [-0.05, 0) is 44.5 Å². The number of nitrogens with one attached hydrogen (secondary N) is 3. The van der Waals surface area contributed by atoms with E-state index in [0.717, 1.165) is 34.3 Å². The first kappa shape index (κ1) is 24.8. The molecule has 3 aromatic rings. The molecule has 7 nitrogen and oxygen atoms in total. The number of rotatable bonds is 6. The molecule has 33 heavy (non-hydrogen) atoms. The van der Waals surface area contributed by atoms with Crippen LogP contribution in [0.1, 0.15) is 35.7 Å². The van der Waals surface area contributed by atoms with Crippen LogP contribution < -0.4 is 16.2 Å². The Balaban J connectivity index is 1.73. The molecule has 2 heterocycles. The first-order chi connectivity index (χ1) is 15.4. The van der Waals surface area contributed by atoms with Crippen LogP contribution in [0.15, 0.2) is 23.0 Å². The number of amides is 2. The Hall–Kier alpha value is -2.86. The predicted molar refractivity (Wildman–Crippen MR) is 125 cm³/mol. The van der Waals surface area contributed by atoms with E-state index in [1.807, 2.05) is 13.8 Å². The van der Waals surface area contributed by atoms with E-state index in [4.69, 9.17) is 0 Å². The van der Waals surface area contributed by atoms with Crippen molar-refractivity contribution in [2.45, 2.75) is 44.9 Å². The molecule has 3 rings (SSSR count). The van der Waals surface area contributed by atoms with E-state index < -0.39 is 34.5 Å². The lowest BCUT2D eigenvalue weighted by Crippen LogP contribution is -2.25. The van der Waals surface area contributed by atoms with Crippen molar-refractivity contribution in [1.82, 2.24) is 9.97 Å². The predicted octanol–water partition coefficient (Wildman–Crippen LogP) is 4.84. The molecule has 1 aromatic carbocycles. The van der Waals surface area contributed by atoms with Gasteiger partial charge in [-0.15, -0.1) is 23.1 Å². The van der Waals surface area contributed by atoms with Gasteiger partial charge in [0.15, 0.2) is 0 Å². The lowest BCUT2D eigenvalue weighted by atomic mass is 10.1. The minimum Gasteiger partial charge on any atom is -0.326 e. The van der Waals surface area contributed by atoms with Crippen molar-refractivity contribution in [2.24, 2.45) is 0 Å². The van der Waals surface area contributed by atoms with Crippen LogP contribution in [0.4, 0.5) is 24.5 Å². The topological polar surface area (TPSA) is 104 Å². The number of hydrogen-bond acceptors (Lipinski definition) is 6. The molecule has 2 amide bonds. The van der Waals surface area contributed by atoms with Crippen molar-refractivity contribution in [3.63, 3.8) is 0 Å². The number of thioether (sulfide) groups is 1. The summed E-state index contributed by atoms with van der Waals surface area (Å²) in [7, 11) is 0. The SMILES string of the molecule is CC(=O)Nc1ccc(NC(=O)C(C)SCc2nc3sc(C)c(C)c3c(=O)[nH]2)c(C(F)(F)F)c1. The third kappa shape index (κ3) is 5.74. The largest absolute Gasteiger partial charge is 0.418 e. The molecule has 3 N–H and O–H groups in total. The molecule has 176 valence electrons. The van der Waals surface area contributed by atoms with Crippen LogP contribution in [0.2, 0.25) is 0 Å². The second-order valence-electron chi connectivity index (χ2n) is 7.36. The molecule has 1 unspecified atom stereocenters. The van der Waals surface area contributed by atoms with Gasteiger partial charge in [0.1, 0.15) is 10.7 Å². The number of carbonyl (C=O) groups excluding carboxylic acids is 2. The Morgan fingerprint density at radius 2 is 1.94 bits per heavy atom. The normalized spacial score (nSPS) is 12.6. The Kier molecular flexibility index (Phi) is 7.17. The highest BCUT2D eigenvalue weighted by molar-refractivity contribution is 7.99. The molecule has 1 atom stereocenters. The van der Waals surface area contributed by atoms with Crippen molar-refractivity contribution < 1.29 is 22.8 Å². The van der Waals surface area contributed by atoms with Gasteiger partial charge >= 0.3 is 6.18 Å². The van der Waals surface area contributed by atoms with E-state index in [0.29, 0.717) is 16.0 Å². The summed E-state index contributed by atoms with van der Waals surface area (Å²) in [6, 6.07) is 3.14. The standard InChI is InChI=1S/C21H21F3N4O3S2/c1-9-10(2)33-20-17(9)19(31)27-16(28-20)8-32-11(3)18(30)26-15-6-5-13(25-12(4)29)7-14(15)21(22,23)24/h5-7,11H,8H2,1-4H3,(H,25,29)(H,26,30)(H,27,28,31). The zero-order valence-corrected chi connectivity index (χ0v) is 19.8. The number of benzene rings is 1. The number of carbonyl (C=O) groups is 2. The van der Waals surface area contributed by atoms with E-state index in [1.54, 1.807) is 6.92 Å². The summed E-state index contributed by atoms with van der Waals surface area (Å²) in [5.74, 6) is -0.565. The number of thiophene rings is 1. The fourth-order valence-electron chi connectivity index (χ4n) is 3.05. The number of halogens is 3. The molecule has 0 saturated carbocycles. The highest BCUT2D eigenvalue weighted by Gasteiger charge is 2.34. The summed E-state index contributed by atoms with van der Waals surface area (Å²) < 4.78 is 40.4. The molecule has 0 radical (unpaired) electrons. The number of aromatic nitrogens is 2. The third-order valence-electron chi connectivity index (χ3n) is 4.83. The Morgan fingerprint density at radius 1 is 1.24 bits per heavy atom. The van der Waals surface area contributed by atoms with Crippen LogP contribution in [-0.2, 0) is 21.5 Å². The fourth-order valence-corrected chi connectivity index (χ4v) is 4.85. The minimum absolute atomic E-state index is 0.0280. The molecule has 0 fully saturated rings. The van der Waals surface area contributed by atoms with Crippen molar-refractivity contribution in [2.75, 3.05) is 10.6 Å². The first-order valence-electron chi connectivity index (χ1n) is 9.77. The molecule has 0 aliphatic carbocycles. The quantitative estimate of drug-likeness (QED) is 0.451. The lowest BCUT2D eigenvalue weighted by Gasteiger charge is -2.17. The summed E-state index contributed by atoms with van der Waals surface area (Å²) in [5.41, 5.74) is -0.894. The number of alkyl halides is 3. The van der Waals surface area contributed by atoms with Crippen LogP contribution in [0, 0.1) is 13.8 Å². The van der Waals surface area contributed by atoms with Gasteiger partial charge in [0.25, 0.3) is 5.56 Å². The molecular weight excluding hydrogens is 477 g/mol. The highest BCUT2D eigenvalue weighted by atomic mass is 32.2. The Bertz CT molecular complexity index is 1280. The van der Waals surface area contributed by atoms with Crippen molar-refractivity contribution >= 4 is 56.5 Å². The lowest BCUT2D eigenvalue weighted by molar-refractivity contribution is -0.137. The zero-order valence-electron chi connectivity index (χ0n) is 18.1. The van der Waals surface area contributed by atoms with Gasteiger partial charge in [-0.25, -0.2) is 4.98 Å². The van der Waals surface area contributed by atoms with Crippen LogP contribution in [0.5, 0.6) is 0 Å². The maximum Gasteiger partial charge on any atom is 0.418 e. The van der Waals surface area contributed by atoms with Crippen molar-refractivity contribution in [3.8, 4) is 0 Å². The van der Waals surface area contributed by atoms with E-state index in [9.17, 15) is 27.6 Å². The summed E-state index contributed by atoms with van der Waals surface area (Å²) in [6.07, 6.45) is -4.73. The molecule has 0 saturated heterocycles. The van der Waals surface area contributed by atoms with Crippen LogP contribution in [0.3, 0.4) is 0 Å². The van der Waals surface area contributed by atoms with Gasteiger partial charge in [0.2, 0.25) is 11.8 Å². The zero-order chi connectivity index (χ0) is 24.5. The molecule has 2 aromatic heterocycles. The van der Waals surface area contributed by atoms with Gasteiger partial charge in [-0.2, -0.15) is 13.2 Å². The van der Waals surface area contributed by atoms with Gasteiger partial charge in [0.05, 0.1) is 27.6 Å². The number of H-pyrrole nitrogens is 1. The molecule has 0 spiro atoms. The molecule has 0 aliphatic heterocycles. The molecule has 0 bridgehead atoms. The van der Waals surface area contributed by atoms with Crippen LogP contribution >= 0.6 is 23.1 Å². The summed E-state index contributed by atoms with van der Waals surface area (Å²) in [4.78, 5) is 44.8. The monoisotopic (exact) mass is 498 g/mol. The number of aryl methyl sites for hydroxylation is 2. The maximum atomic E-state index is 13.5. The summed E-state index contributed by atoms with van der Waals surface area (Å²) in [6.45, 7) is 6.49. The van der Waals surface area contributed by atoms with E-state index in [2.05, 4.69) is 20.6 Å². The maximum absolute atomic E-state index is 13.5. The Morgan fingerprint density at radius 3 is 2.58 bits per heavy atom. The van der Waals surface area contributed by atoms with Crippen molar-refractivity contribution in [3.05, 3.63) is 50.4 Å². The van der Waals surface area contributed by atoms with E-state index >= 15 is 0 Å². The number of anilines is 2. The highest BCUT2D eigenvalue weighted by Crippen LogP contribution is 2.37. The average molecular weight is 499 g/mol. The second-order valence-corrected chi connectivity index (χ2v) is 9.89. The summed E-state index contributed by atoms with van der Waals surface area (Å²) >= 11 is 2.54. The molecule has 12 heteroatoms. The third-order valence-corrected chi connectivity index (χ3v) is 7.09. The van der Waals surface area contributed by atoms with Crippen molar-refractivity contribution in [1.29, 1.82) is 0 Å². The smallest absolute Gasteiger partial charge is 0.326 e. The average Bonchev–Trinajstić information content (AvgIpc) is 3.00. The van der Waals surface area contributed by atoms with Gasteiger partial charge in [-0.1, -0.05) is 0 Å². The van der Waals surface area contributed by atoms with Crippen LogP contribution in [0.25, 0.3) is 10.2 Å². The van der Waals surface area contributed by atoms with Gasteiger partial charge in [-0.3, -0.25) is 14.4 Å². The second kappa shape index (κ2) is 9.56. The fraction of sp³-hybridized carbons (Fsp3) is 0.333. The number of hydrogen-bond donors (Lipinski definition) is 3. The Labute approximate surface area is 195 Å². The number of fused-ring (bicyclic) bond motifs is 1. The minimum atomic E-state index is -4.73. The van der Waals surface area contributed by atoms with Gasteiger partial charge < -0.3 is 15.6 Å². The summed E-state index contributed by atoms with van der Waals surface area (Å²) in [5, 5.41) is 4.41.